The molecule has 0 saturated heterocycles. The molecule has 0 spiro atoms. The largest absolute Gasteiger partial charge is 0.396 e. The average Bonchev–Trinajstić information content (AvgIpc) is 3.12. The van der Waals surface area contributed by atoms with Crippen LogP contribution in [0.4, 0.5) is 0 Å². The van der Waals surface area contributed by atoms with Gasteiger partial charge in [-0.15, -0.1) is 0 Å². The number of aliphatic hydroxyl groups excluding tert-OH is 2. The number of aromatic nitrogens is 2. The smallest absolute Gasteiger partial charge is 0.255 e. The molecule has 0 bridgehead atoms. The Morgan fingerprint density at radius 3 is 2.36 bits per heavy atom. The average molecular weight is 338 g/mol. The Kier molecular flexibility index (Phi) is 5.93. The lowest BCUT2D eigenvalue weighted by Crippen LogP contribution is -1.99. The molecule has 0 saturated carbocycles. The molecule has 25 heavy (non-hydrogen) atoms. The van der Waals surface area contributed by atoms with E-state index in [2.05, 4.69) is 46.5 Å². The van der Waals surface area contributed by atoms with Crippen LogP contribution in [0.25, 0.3) is 11.1 Å². The predicted octanol–water partition coefficient (Wildman–Crippen LogP) is 3.52. The van der Waals surface area contributed by atoms with Gasteiger partial charge in [0.2, 0.25) is 0 Å². The molecule has 3 rings (SSSR count). The van der Waals surface area contributed by atoms with Gasteiger partial charge in [-0.1, -0.05) is 59.8 Å². The highest BCUT2D eigenvalue weighted by Gasteiger charge is 2.16. The third-order valence-electron chi connectivity index (χ3n) is 4.08. The number of nitrogens with zero attached hydrogens (tertiary/aromatic N) is 2. The molecule has 0 amide bonds. The molecule has 5 nitrogen and oxygen atoms in total. The van der Waals surface area contributed by atoms with E-state index < -0.39 is 6.10 Å². The maximum Gasteiger partial charge on any atom is 0.255 e. The second kappa shape index (κ2) is 8.55. The molecule has 2 aromatic carbocycles. The van der Waals surface area contributed by atoms with Crippen LogP contribution in [0.15, 0.2) is 59.1 Å². The third-order valence-corrected chi connectivity index (χ3v) is 4.08. The molecule has 1 atom stereocenters. The Hall–Kier alpha value is -2.50. The predicted molar refractivity (Wildman–Crippen MR) is 94.9 cm³/mol. The van der Waals surface area contributed by atoms with Crippen molar-refractivity contribution in [3.05, 3.63) is 71.9 Å². The van der Waals surface area contributed by atoms with Gasteiger partial charge in [-0.2, -0.15) is 4.98 Å². The summed E-state index contributed by atoms with van der Waals surface area (Å²) in [5.74, 6) is 0.803. The Morgan fingerprint density at radius 1 is 0.920 bits per heavy atom. The highest BCUT2D eigenvalue weighted by molar-refractivity contribution is 5.63. The van der Waals surface area contributed by atoms with E-state index in [9.17, 15) is 5.11 Å². The molecule has 1 aromatic heterocycles. The van der Waals surface area contributed by atoms with Gasteiger partial charge in [0.1, 0.15) is 6.10 Å². The second-order valence-electron chi connectivity index (χ2n) is 6.02. The highest BCUT2D eigenvalue weighted by Crippen LogP contribution is 2.21. The summed E-state index contributed by atoms with van der Waals surface area (Å²) in [5, 5.41) is 22.7. The standard InChI is InChI=1S/C20H22N2O3/c23-13-5-4-8-18(24)20-21-19(22-25-20)14-15-9-11-17(12-10-15)16-6-2-1-3-7-16/h1-3,6-7,9-12,18,23-24H,4-5,8,13-14H2. The van der Waals surface area contributed by atoms with Gasteiger partial charge < -0.3 is 14.7 Å². The molecule has 0 aliphatic rings. The SMILES string of the molecule is OCCCCC(O)c1nc(Cc2ccc(-c3ccccc3)cc2)no1. The van der Waals surface area contributed by atoms with Crippen molar-refractivity contribution >= 4 is 0 Å². The molecule has 1 heterocycles. The molecule has 0 radical (unpaired) electrons. The number of aliphatic hydroxyl groups is 2. The molecule has 0 aliphatic heterocycles. The van der Waals surface area contributed by atoms with Crippen LogP contribution in [0, 0.1) is 0 Å². The maximum absolute atomic E-state index is 10.0. The first-order chi connectivity index (χ1) is 12.3. The van der Waals surface area contributed by atoms with Crippen molar-refractivity contribution < 1.29 is 14.7 Å². The topological polar surface area (TPSA) is 79.4 Å². The van der Waals surface area contributed by atoms with Gasteiger partial charge in [0.25, 0.3) is 5.89 Å². The molecule has 5 heteroatoms. The normalized spacial score (nSPS) is 12.2. The molecular formula is C20H22N2O3. The van der Waals surface area contributed by atoms with E-state index in [0.717, 1.165) is 17.5 Å². The highest BCUT2D eigenvalue weighted by atomic mass is 16.5. The molecule has 130 valence electrons. The summed E-state index contributed by atoms with van der Waals surface area (Å²) < 4.78 is 5.15. The second-order valence-corrected chi connectivity index (χ2v) is 6.02. The van der Waals surface area contributed by atoms with Gasteiger partial charge in [-0.3, -0.25) is 0 Å². The molecule has 2 N–H and O–H groups in total. The zero-order valence-electron chi connectivity index (χ0n) is 14.0. The van der Waals surface area contributed by atoms with E-state index >= 15 is 0 Å². The van der Waals surface area contributed by atoms with Crippen LogP contribution in [0.3, 0.4) is 0 Å². The summed E-state index contributed by atoms with van der Waals surface area (Å²) in [4.78, 5) is 4.27. The molecule has 0 fully saturated rings. The summed E-state index contributed by atoms with van der Waals surface area (Å²) >= 11 is 0. The zero-order valence-corrected chi connectivity index (χ0v) is 14.0. The monoisotopic (exact) mass is 338 g/mol. The van der Waals surface area contributed by atoms with Gasteiger partial charge in [0.15, 0.2) is 5.82 Å². The maximum atomic E-state index is 10.0. The van der Waals surface area contributed by atoms with Crippen molar-refractivity contribution in [2.24, 2.45) is 0 Å². The van der Waals surface area contributed by atoms with E-state index in [-0.39, 0.29) is 12.5 Å². The van der Waals surface area contributed by atoms with Gasteiger partial charge >= 0.3 is 0 Å². The molecular weight excluding hydrogens is 316 g/mol. The van der Waals surface area contributed by atoms with Gasteiger partial charge in [0, 0.05) is 13.0 Å². The first kappa shape index (κ1) is 17.3. The van der Waals surface area contributed by atoms with Crippen LogP contribution >= 0.6 is 0 Å². The Labute approximate surface area is 147 Å². The van der Waals surface area contributed by atoms with E-state index in [1.807, 2.05) is 18.2 Å². The summed E-state index contributed by atoms with van der Waals surface area (Å²) in [6, 6.07) is 18.5. The van der Waals surface area contributed by atoms with E-state index in [0.29, 0.717) is 25.1 Å². The van der Waals surface area contributed by atoms with Crippen LogP contribution < -0.4 is 0 Å². The quantitative estimate of drug-likeness (QED) is 0.614. The van der Waals surface area contributed by atoms with Crippen molar-refractivity contribution in [3.8, 4) is 11.1 Å². The first-order valence-electron chi connectivity index (χ1n) is 8.52. The van der Waals surface area contributed by atoms with Gasteiger partial charge in [0.05, 0.1) is 0 Å². The number of unbranched alkanes of at least 4 members (excludes halogenated alkanes) is 1. The van der Waals surface area contributed by atoms with E-state index in [4.69, 9.17) is 9.63 Å². The summed E-state index contributed by atoms with van der Waals surface area (Å²) in [5.41, 5.74) is 3.43. The minimum Gasteiger partial charge on any atom is -0.396 e. The van der Waals surface area contributed by atoms with Crippen molar-refractivity contribution in [2.45, 2.75) is 31.8 Å². The summed E-state index contributed by atoms with van der Waals surface area (Å²) in [6.45, 7) is 0.126. The van der Waals surface area contributed by atoms with Crippen molar-refractivity contribution in [3.63, 3.8) is 0 Å². The van der Waals surface area contributed by atoms with Gasteiger partial charge in [-0.05, 0) is 36.0 Å². The van der Waals surface area contributed by atoms with Crippen LogP contribution in [0.1, 0.15) is 42.6 Å². The fourth-order valence-corrected chi connectivity index (χ4v) is 2.68. The number of hydrogen-bond donors (Lipinski definition) is 2. The van der Waals surface area contributed by atoms with Crippen molar-refractivity contribution in [1.29, 1.82) is 0 Å². The summed E-state index contributed by atoms with van der Waals surface area (Å²) in [7, 11) is 0. The van der Waals surface area contributed by atoms with Crippen LogP contribution in [0.2, 0.25) is 0 Å². The molecule has 3 aromatic rings. The summed E-state index contributed by atoms with van der Waals surface area (Å²) in [6.07, 6.45) is 1.67. The Bertz CT molecular complexity index is 769. The Morgan fingerprint density at radius 2 is 1.64 bits per heavy atom. The Balaban J connectivity index is 1.61. The number of benzene rings is 2. The van der Waals surface area contributed by atoms with Crippen molar-refractivity contribution in [1.82, 2.24) is 10.1 Å². The van der Waals surface area contributed by atoms with Crippen LogP contribution in [-0.2, 0) is 6.42 Å². The fraction of sp³-hybridized carbons (Fsp3) is 0.300. The minimum absolute atomic E-state index is 0.126. The third kappa shape index (κ3) is 4.75. The van der Waals surface area contributed by atoms with Crippen LogP contribution in [-0.4, -0.2) is 27.0 Å². The van der Waals surface area contributed by atoms with Crippen molar-refractivity contribution in [2.75, 3.05) is 6.61 Å². The van der Waals surface area contributed by atoms with Crippen LogP contribution in [0.5, 0.6) is 0 Å². The molecule has 0 aliphatic carbocycles. The fourth-order valence-electron chi connectivity index (χ4n) is 2.68. The minimum atomic E-state index is -0.770. The number of rotatable bonds is 8. The number of hydrogen-bond acceptors (Lipinski definition) is 5. The van der Waals surface area contributed by atoms with E-state index in [1.54, 1.807) is 0 Å². The van der Waals surface area contributed by atoms with Gasteiger partial charge in [-0.25, -0.2) is 0 Å². The zero-order chi connectivity index (χ0) is 17.5. The lowest BCUT2D eigenvalue weighted by atomic mass is 10.0. The first-order valence-corrected chi connectivity index (χ1v) is 8.52. The van der Waals surface area contributed by atoms with E-state index in [1.165, 1.54) is 5.56 Å². The lowest BCUT2D eigenvalue weighted by Gasteiger charge is -2.04. The molecule has 1 unspecified atom stereocenters. The lowest BCUT2D eigenvalue weighted by molar-refractivity contribution is 0.119.